The van der Waals surface area contributed by atoms with Gasteiger partial charge in [-0.05, 0) is 24.5 Å². The smallest absolute Gasteiger partial charge is 0.161 e. The molecule has 0 radical (unpaired) electrons. The van der Waals surface area contributed by atoms with Crippen LogP contribution in [0.5, 0.6) is 0 Å². The number of Topliss-reactive ketones (excluding diaryl/α,β-unsaturated/α-hetero) is 1. The van der Waals surface area contributed by atoms with Crippen LogP contribution < -0.4 is 5.43 Å². The maximum absolute atomic E-state index is 11.7. The summed E-state index contributed by atoms with van der Waals surface area (Å²) in [5, 5.41) is 8.35. The van der Waals surface area contributed by atoms with Crippen molar-refractivity contribution in [1.29, 1.82) is 0 Å². The van der Waals surface area contributed by atoms with E-state index in [9.17, 15) is 4.79 Å². The van der Waals surface area contributed by atoms with Gasteiger partial charge in [0.15, 0.2) is 5.78 Å². The van der Waals surface area contributed by atoms with Gasteiger partial charge in [-0.3, -0.25) is 4.79 Å². The summed E-state index contributed by atoms with van der Waals surface area (Å²) in [5.74, 6) is 0.144. The molecule has 1 aliphatic rings. The largest absolute Gasteiger partial charge is 0.364 e. The van der Waals surface area contributed by atoms with Gasteiger partial charge in [-0.25, -0.2) is 0 Å². The molecule has 1 aromatic rings. The zero-order valence-electron chi connectivity index (χ0n) is 12.6. The number of hydrogen-bond donors (Lipinski definition) is 1. The minimum Gasteiger partial charge on any atom is -0.364 e. The van der Waals surface area contributed by atoms with Crippen LogP contribution in [0.1, 0.15) is 57.0 Å². The molecule has 0 saturated heterocycles. The second-order valence-corrected chi connectivity index (χ2v) is 5.58. The number of carbonyl (C=O) groups excluding carboxylic acids is 1. The highest BCUT2D eigenvalue weighted by Gasteiger charge is 2.25. The molecule has 112 valence electrons. The predicted molar refractivity (Wildman–Crippen MR) is 76.0 cm³/mol. The third-order valence-electron chi connectivity index (χ3n) is 3.76. The number of hydrogen-bond acceptors (Lipinski definition) is 5. The second kappa shape index (κ2) is 6.83. The van der Waals surface area contributed by atoms with Crippen molar-refractivity contribution < 1.29 is 9.53 Å². The summed E-state index contributed by atoms with van der Waals surface area (Å²) < 4.78 is 5.83. The summed E-state index contributed by atoms with van der Waals surface area (Å²) in [6.07, 6.45) is 5.15. The molecule has 0 fully saturated rings. The molecular weight excluding hydrogens is 256 g/mol. The SMILES string of the molecule is CNn1nnc2c1CCCCCC2OCC(=O)C(C)C. The van der Waals surface area contributed by atoms with E-state index < -0.39 is 0 Å². The third kappa shape index (κ3) is 3.36. The van der Waals surface area contributed by atoms with E-state index in [2.05, 4.69) is 15.7 Å². The Bertz CT molecular complexity index is 456. The van der Waals surface area contributed by atoms with E-state index in [1.165, 1.54) is 6.42 Å². The number of ether oxygens (including phenoxy) is 1. The Morgan fingerprint density at radius 3 is 2.95 bits per heavy atom. The fourth-order valence-electron chi connectivity index (χ4n) is 2.42. The summed E-state index contributed by atoms with van der Waals surface area (Å²) in [5.41, 5.74) is 4.97. The van der Waals surface area contributed by atoms with Crippen LogP contribution >= 0.6 is 0 Å². The zero-order chi connectivity index (χ0) is 14.5. The van der Waals surface area contributed by atoms with Crippen LogP contribution in [0.25, 0.3) is 0 Å². The van der Waals surface area contributed by atoms with E-state index in [0.717, 1.165) is 37.1 Å². The van der Waals surface area contributed by atoms with Crippen molar-refractivity contribution in [3.8, 4) is 0 Å². The highest BCUT2D eigenvalue weighted by Crippen LogP contribution is 2.28. The summed E-state index contributed by atoms with van der Waals surface area (Å²) >= 11 is 0. The Morgan fingerprint density at radius 1 is 1.45 bits per heavy atom. The van der Waals surface area contributed by atoms with Crippen molar-refractivity contribution in [1.82, 2.24) is 15.1 Å². The highest BCUT2D eigenvalue weighted by molar-refractivity contribution is 5.81. The van der Waals surface area contributed by atoms with Crippen LogP contribution in [0.3, 0.4) is 0 Å². The summed E-state index contributed by atoms with van der Waals surface area (Å²) in [6, 6.07) is 0. The lowest BCUT2D eigenvalue weighted by molar-refractivity contribution is -0.129. The first kappa shape index (κ1) is 15.0. The van der Waals surface area contributed by atoms with Gasteiger partial charge in [0, 0.05) is 13.0 Å². The maximum Gasteiger partial charge on any atom is 0.161 e. The van der Waals surface area contributed by atoms with Crippen molar-refractivity contribution in [2.45, 2.75) is 52.1 Å². The molecule has 2 rings (SSSR count). The lowest BCUT2D eigenvalue weighted by atomic mass is 9.99. The Labute approximate surface area is 119 Å². The zero-order valence-corrected chi connectivity index (χ0v) is 12.6. The number of aromatic nitrogens is 3. The Morgan fingerprint density at radius 2 is 2.25 bits per heavy atom. The highest BCUT2D eigenvalue weighted by atomic mass is 16.5. The number of nitrogens with one attached hydrogen (secondary N) is 1. The Hall–Kier alpha value is -1.43. The van der Waals surface area contributed by atoms with Crippen molar-refractivity contribution in [3.63, 3.8) is 0 Å². The van der Waals surface area contributed by atoms with Crippen molar-refractivity contribution in [2.24, 2.45) is 5.92 Å². The first-order valence-corrected chi connectivity index (χ1v) is 7.40. The van der Waals surface area contributed by atoms with E-state index >= 15 is 0 Å². The monoisotopic (exact) mass is 280 g/mol. The molecule has 0 amide bonds. The van der Waals surface area contributed by atoms with Gasteiger partial charge in [0.05, 0.1) is 5.69 Å². The average Bonchev–Trinajstić information content (AvgIpc) is 2.80. The first-order valence-electron chi connectivity index (χ1n) is 7.40. The lowest BCUT2D eigenvalue weighted by Crippen LogP contribution is -2.20. The molecule has 6 heteroatoms. The second-order valence-electron chi connectivity index (χ2n) is 5.58. The molecule has 20 heavy (non-hydrogen) atoms. The third-order valence-corrected chi connectivity index (χ3v) is 3.76. The van der Waals surface area contributed by atoms with Crippen LogP contribution in [0.2, 0.25) is 0 Å². The molecule has 6 nitrogen and oxygen atoms in total. The van der Waals surface area contributed by atoms with Crippen molar-refractivity contribution in [3.05, 3.63) is 11.4 Å². The van der Waals surface area contributed by atoms with Crippen molar-refractivity contribution in [2.75, 3.05) is 19.1 Å². The van der Waals surface area contributed by atoms with Crippen molar-refractivity contribution >= 4 is 5.78 Å². The van der Waals surface area contributed by atoms with Gasteiger partial charge in [-0.2, -0.15) is 4.79 Å². The molecule has 1 atom stereocenters. The molecule has 0 aromatic carbocycles. The predicted octanol–water partition coefficient (Wildman–Crippen LogP) is 1.85. The van der Waals surface area contributed by atoms with Gasteiger partial charge in [0.1, 0.15) is 18.4 Å². The summed E-state index contributed by atoms with van der Waals surface area (Å²) in [7, 11) is 1.83. The molecule has 1 unspecified atom stereocenters. The normalized spacial score (nSPS) is 19.3. The molecule has 0 saturated carbocycles. The number of nitrogens with zero attached hydrogens (tertiary/aromatic N) is 3. The van der Waals surface area contributed by atoms with Crippen LogP contribution in [0, 0.1) is 5.92 Å². The van der Waals surface area contributed by atoms with Gasteiger partial charge in [0.2, 0.25) is 0 Å². The van der Waals surface area contributed by atoms with Gasteiger partial charge < -0.3 is 10.2 Å². The van der Waals surface area contributed by atoms with E-state index in [1.54, 1.807) is 4.79 Å². The fraction of sp³-hybridized carbons (Fsp3) is 0.786. The first-order chi connectivity index (χ1) is 9.63. The lowest BCUT2D eigenvalue weighted by Gasteiger charge is -2.20. The molecule has 1 heterocycles. The minimum absolute atomic E-state index is 0.0102. The van der Waals surface area contributed by atoms with Crippen LogP contribution in [0.15, 0.2) is 0 Å². The van der Waals surface area contributed by atoms with Gasteiger partial charge in [-0.1, -0.05) is 26.7 Å². The number of carbonyl (C=O) groups is 1. The topological polar surface area (TPSA) is 69.0 Å². The number of rotatable bonds is 5. The van der Waals surface area contributed by atoms with E-state index in [4.69, 9.17) is 4.74 Å². The van der Waals surface area contributed by atoms with Gasteiger partial charge in [-0.15, -0.1) is 5.10 Å². The Kier molecular flexibility index (Phi) is 5.11. The molecular formula is C14H24N4O2. The Balaban J connectivity index is 2.12. The average molecular weight is 280 g/mol. The fourth-order valence-corrected chi connectivity index (χ4v) is 2.42. The van der Waals surface area contributed by atoms with E-state index in [1.807, 2.05) is 20.9 Å². The molecule has 1 aromatic heterocycles. The summed E-state index contributed by atoms with van der Waals surface area (Å²) in [6.45, 7) is 3.95. The van der Waals surface area contributed by atoms with Gasteiger partial charge in [0.25, 0.3) is 0 Å². The molecule has 0 spiro atoms. The quantitative estimate of drug-likeness (QED) is 0.891. The molecule has 1 aliphatic carbocycles. The number of ketones is 1. The maximum atomic E-state index is 11.7. The van der Waals surface area contributed by atoms with Crippen LogP contribution in [0.4, 0.5) is 0 Å². The number of fused-ring (bicyclic) bond motifs is 1. The van der Waals surface area contributed by atoms with Gasteiger partial charge >= 0.3 is 0 Å². The van der Waals surface area contributed by atoms with Crippen LogP contribution in [-0.2, 0) is 16.0 Å². The van der Waals surface area contributed by atoms with Crippen LogP contribution in [-0.4, -0.2) is 34.5 Å². The molecule has 0 bridgehead atoms. The van der Waals surface area contributed by atoms with E-state index in [-0.39, 0.29) is 24.4 Å². The standard InChI is InChI=1S/C14H24N4O2/c1-10(2)12(19)9-20-13-8-6-4-5-7-11-14(13)16-17-18(11)15-3/h10,13,15H,4-9H2,1-3H3. The minimum atomic E-state index is -0.116. The van der Waals surface area contributed by atoms with E-state index in [0.29, 0.717) is 0 Å². The summed E-state index contributed by atoms with van der Waals surface area (Å²) in [4.78, 5) is 13.4. The molecule has 0 aliphatic heterocycles. The molecule has 1 N–H and O–H groups in total.